The molecule has 30 heavy (non-hydrogen) atoms. The number of aryl methyl sites for hydroxylation is 1. The molecular weight excluding hydrogens is 402 g/mol. The number of methoxy groups -OCH3 is 2. The number of anilines is 1. The summed E-state index contributed by atoms with van der Waals surface area (Å²) >= 11 is 1.41. The monoisotopic (exact) mass is 421 g/mol. The van der Waals surface area contributed by atoms with Crippen molar-refractivity contribution in [3.8, 4) is 33.7 Å². The van der Waals surface area contributed by atoms with Gasteiger partial charge in [-0.2, -0.15) is 4.98 Å². The topological polar surface area (TPSA) is 86.5 Å². The number of amides is 1. The number of benzene rings is 2. The van der Waals surface area contributed by atoms with Crippen LogP contribution < -0.4 is 14.8 Å². The summed E-state index contributed by atoms with van der Waals surface area (Å²) in [6, 6.07) is 14.7. The van der Waals surface area contributed by atoms with Gasteiger partial charge in [-0.1, -0.05) is 28.9 Å². The molecule has 7 nitrogen and oxygen atoms in total. The van der Waals surface area contributed by atoms with Gasteiger partial charge in [0.05, 0.1) is 19.9 Å². The zero-order valence-electron chi connectivity index (χ0n) is 16.6. The summed E-state index contributed by atoms with van der Waals surface area (Å²) < 4.78 is 15.9. The summed E-state index contributed by atoms with van der Waals surface area (Å²) in [4.78, 5) is 17.9. The zero-order chi connectivity index (χ0) is 21.1. The highest BCUT2D eigenvalue weighted by Gasteiger charge is 2.18. The van der Waals surface area contributed by atoms with Crippen LogP contribution in [0.4, 0.5) is 5.69 Å². The minimum absolute atomic E-state index is 0.283. The van der Waals surface area contributed by atoms with Gasteiger partial charge in [0.1, 0.15) is 4.88 Å². The first-order valence-electron chi connectivity index (χ1n) is 9.11. The average molecular weight is 421 g/mol. The van der Waals surface area contributed by atoms with Crippen molar-refractivity contribution in [2.45, 2.75) is 6.92 Å². The second kappa shape index (κ2) is 8.38. The number of nitrogens with zero attached hydrogens (tertiary/aromatic N) is 2. The van der Waals surface area contributed by atoms with Gasteiger partial charge in [0.25, 0.3) is 11.8 Å². The number of aromatic nitrogens is 2. The Morgan fingerprint density at radius 3 is 2.67 bits per heavy atom. The number of nitrogens with one attached hydrogen (secondary N) is 1. The van der Waals surface area contributed by atoms with E-state index < -0.39 is 0 Å². The van der Waals surface area contributed by atoms with Crippen molar-refractivity contribution >= 4 is 22.9 Å². The molecule has 0 saturated carbocycles. The number of hydrogen-bond donors (Lipinski definition) is 1. The third-order valence-electron chi connectivity index (χ3n) is 4.46. The molecule has 0 aliphatic heterocycles. The van der Waals surface area contributed by atoms with E-state index in [-0.39, 0.29) is 5.91 Å². The van der Waals surface area contributed by atoms with Gasteiger partial charge in [-0.05, 0) is 42.6 Å². The van der Waals surface area contributed by atoms with E-state index in [1.54, 1.807) is 31.4 Å². The fourth-order valence-corrected chi connectivity index (χ4v) is 3.73. The predicted octanol–water partition coefficient (Wildman–Crippen LogP) is 5.04. The predicted molar refractivity (Wildman–Crippen MR) is 115 cm³/mol. The fourth-order valence-electron chi connectivity index (χ4n) is 2.96. The molecule has 8 heteroatoms. The maximum absolute atomic E-state index is 12.8. The molecule has 152 valence electrons. The van der Waals surface area contributed by atoms with Gasteiger partial charge in [-0.3, -0.25) is 4.79 Å². The first-order chi connectivity index (χ1) is 14.6. The number of rotatable bonds is 6. The van der Waals surface area contributed by atoms with Crippen LogP contribution in [0.15, 0.2) is 58.4 Å². The SMILES string of the molecule is COc1ccc(C(=O)Nc2ccsc2-c2nc(-c3cccc(C)c3)no2)cc1OC. The Morgan fingerprint density at radius 1 is 1.07 bits per heavy atom. The van der Waals surface area contributed by atoms with Crippen LogP contribution in [-0.2, 0) is 0 Å². The summed E-state index contributed by atoms with van der Waals surface area (Å²) in [5.74, 6) is 1.60. The lowest BCUT2D eigenvalue weighted by Gasteiger charge is -2.10. The molecular formula is C22H19N3O4S. The van der Waals surface area contributed by atoms with Crippen LogP contribution >= 0.6 is 11.3 Å². The summed E-state index contributed by atoms with van der Waals surface area (Å²) in [6.45, 7) is 2.01. The standard InChI is InChI=1S/C22H19N3O4S/c1-13-5-4-6-14(11-13)20-24-22(29-25-20)19-16(9-10-30-19)23-21(26)15-7-8-17(27-2)18(12-15)28-3/h4-12H,1-3H3,(H,23,26). The van der Waals surface area contributed by atoms with E-state index in [1.165, 1.54) is 18.4 Å². The molecule has 1 amide bonds. The number of carbonyl (C=O) groups is 1. The Hall–Kier alpha value is -3.65. The Morgan fingerprint density at radius 2 is 1.90 bits per heavy atom. The van der Waals surface area contributed by atoms with Gasteiger partial charge >= 0.3 is 0 Å². The van der Waals surface area contributed by atoms with Crippen molar-refractivity contribution < 1.29 is 18.8 Å². The minimum Gasteiger partial charge on any atom is -0.493 e. The first-order valence-corrected chi connectivity index (χ1v) is 9.99. The van der Waals surface area contributed by atoms with Gasteiger partial charge < -0.3 is 19.3 Å². The van der Waals surface area contributed by atoms with Crippen LogP contribution in [0.5, 0.6) is 11.5 Å². The molecule has 4 aromatic rings. The van der Waals surface area contributed by atoms with Crippen LogP contribution in [0.1, 0.15) is 15.9 Å². The van der Waals surface area contributed by atoms with Gasteiger partial charge in [0.15, 0.2) is 11.5 Å². The molecule has 0 spiro atoms. The highest BCUT2D eigenvalue weighted by atomic mass is 32.1. The Labute approximate surface area is 177 Å². The molecule has 0 aliphatic carbocycles. The smallest absolute Gasteiger partial charge is 0.270 e. The average Bonchev–Trinajstić information content (AvgIpc) is 3.42. The summed E-state index contributed by atoms with van der Waals surface area (Å²) in [5, 5.41) is 8.84. The van der Waals surface area contributed by atoms with Crippen molar-refractivity contribution in [2.75, 3.05) is 19.5 Å². The summed E-state index contributed by atoms with van der Waals surface area (Å²) in [5.41, 5.74) is 3.02. The normalized spacial score (nSPS) is 10.6. The van der Waals surface area contributed by atoms with Gasteiger partial charge in [-0.15, -0.1) is 11.3 Å². The molecule has 0 fully saturated rings. The van der Waals surface area contributed by atoms with E-state index in [2.05, 4.69) is 15.5 Å². The lowest BCUT2D eigenvalue weighted by atomic mass is 10.1. The molecule has 0 bridgehead atoms. The van der Waals surface area contributed by atoms with Crippen LogP contribution in [-0.4, -0.2) is 30.3 Å². The quantitative estimate of drug-likeness (QED) is 0.469. The number of hydrogen-bond acceptors (Lipinski definition) is 7. The van der Waals surface area contributed by atoms with E-state index in [0.717, 1.165) is 11.1 Å². The molecule has 4 rings (SSSR count). The highest BCUT2D eigenvalue weighted by Crippen LogP contribution is 2.34. The Bertz CT molecular complexity index is 1200. The van der Waals surface area contributed by atoms with Crippen molar-refractivity contribution in [3.63, 3.8) is 0 Å². The zero-order valence-corrected chi connectivity index (χ0v) is 17.4. The third-order valence-corrected chi connectivity index (χ3v) is 5.36. The van der Waals surface area contributed by atoms with Crippen molar-refractivity contribution in [3.05, 3.63) is 65.0 Å². The first kappa shape index (κ1) is 19.7. The van der Waals surface area contributed by atoms with E-state index in [0.29, 0.717) is 39.3 Å². The molecule has 1 N–H and O–H groups in total. The second-order valence-corrected chi connectivity index (χ2v) is 7.40. The maximum Gasteiger partial charge on any atom is 0.270 e. The Balaban J connectivity index is 1.58. The van der Waals surface area contributed by atoms with E-state index in [9.17, 15) is 4.79 Å². The van der Waals surface area contributed by atoms with E-state index in [4.69, 9.17) is 14.0 Å². The lowest BCUT2D eigenvalue weighted by molar-refractivity contribution is 0.102. The van der Waals surface area contributed by atoms with Crippen LogP contribution in [0.3, 0.4) is 0 Å². The molecule has 0 radical (unpaired) electrons. The second-order valence-electron chi connectivity index (χ2n) is 6.48. The van der Waals surface area contributed by atoms with Gasteiger partial charge in [0.2, 0.25) is 5.82 Å². The molecule has 2 aromatic heterocycles. The van der Waals surface area contributed by atoms with Gasteiger partial charge in [-0.25, -0.2) is 0 Å². The molecule has 0 saturated heterocycles. The largest absolute Gasteiger partial charge is 0.493 e. The lowest BCUT2D eigenvalue weighted by Crippen LogP contribution is -2.12. The number of carbonyl (C=O) groups excluding carboxylic acids is 1. The van der Waals surface area contributed by atoms with Crippen molar-refractivity contribution in [1.29, 1.82) is 0 Å². The van der Waals surface area contributed by atoms with Crippen molar-refractivity contribution in [1.82, 2.24) is 10.1 Å². The van der Waals surface area contributed by atoms with Gasteiger partial charge in [0, 0.05) is 11.1 Å². The van der Waals surface area contributed by atoms with Crippen LogP contribution in [0, 0.1) is 6.92 Å². The molecule has 0 aliphatic rings. The number of thiophene rings is 1. The summed E-state index contributed by atoms with van der Waals surface area (Å²) in [7, 11) is 3.07. The third kappa shape index (κ3) is 3.90. The summed E-state index contributed by atoms with van der Waals surface area (Å²) in [6.07, 6.45) is 0. The fraction of sp³-hybridized carbons (Fsp3) is 0.136. The molecule has 2 heterocycles. The number of ether oxygens (including phenoxy) is 2. The highest BCUT2D eigenvalue weighted by molar-refractivity contribution is 7.14. The minimum atomic E-state index is -0.283. The molecule has 2 aromatic carbocycles. The van der Waals surface area contributed by atoms with E-state index >= 15 is 0 Å². The van der Waals surface area contributed by atoms with Crippen molar-refractivity contribution in [2.24, 2.45) is 0 Å². The molecule has 0 atom stereocenters. The van der Waals surface area contributed by atoms with E-state index in [1.807, 2.05) is 36.6 Å². The van der Waals surface area contributed by atoms with Crippen LogP contribution in [0.25, 0.3) is 22.2 Å². The molecule has 0 unspecified atom stereocenters. The maximum atomic E-state index is 12.8. The van der Waals surface area contributed by atoms with Crippen LogP contribution in [0.2, 0.25) is 0 Å². The Kier molecular flexibility index (Phi) is 5.49.